The maximum Gasteiger partial charge on any atom is 0.107 e. The lowest BCUT2D eigenvalue weighted by Crippen LogP contribution is -2.15. The number of aliphatic hydroxyl groups excluding tert-OH is 1. The van der Waals surface area contributed by atoms with E-state index in [1.807, 2.05) is 0 Å². The average molecular weight is 242 g/mol. The Bertz CT molecular complexity index is 215. The van der Waals surface area contributed by atoms with Gasteiger partial charge in [0, 0.05) is 0 Å². The lowest BCUT2D eigenvalue weighted by atomic mass is 9.85. The molecule has 1 fully saturated rings. The van der Waals surface area contributed by atoms with Gasteiger partial charge in [-0.3, -0.25) is 0 Å². The van der Waals surface area contributed by atoms with Gasteiger partial charge in [-0.2, -0.15) is 0 Å². The molecule has 5 atom stereocenters. The first kappa shape index (κ1) is 15.0. The largest absolute Gasteiger partial charge is 0.394 e. The normalized spacial score (nSPS) is 29.1. The second-order valence-corrected chi connectivity index (χ2v) is 6.61. The lowest BCUT2D eigenvalue weighted by Gasteiger charge is -2.21. The number of hydrogen-bond acceptors (Lipinski definition) is 2. The third-order valence-electron chi connectivity index (χ3n) is 3.82. The third-order valence-corrected chi connectivity index (χ3v) is 3.82. The second-order valence-electron chi connectivity index (χ2n) is 6.61. The van der Waals surface area contributed by atoms with Crippen molar-refractivity contribution in [1.82, 2.24) is 0 Å². The average Bonchev–Trinajstić information content (AvgIpc) is 2.94. The zero-order valence-electron chi connectivity index (χ0n) is 12.1. The fourth-order valence-corrected chi connectivity index (χ4v) is 3.26. The van der Waals surface area contributed by atoms with Gasteiger partial charge in [0.1, 0.15) is 6.10 Å². The van der Waals surface area contributed by atoms with Crippen LogP contribution in [0.3, 0.4) is 0 Å². The molecule has 0 unspecified atom stereocenters. The lowest BCUT2D eigenvalue weighted by molar-refractivity contribution is 0.235. The van der Waals surface area contributed by atoms with Gasteiger partial charge in [-0.1, -0.05) is 34.6 Å². The van der Waals surface area contributed by atoms with Gasteiger partial charge < -0.3 is 9.84 Å². The molecule has 0 aromatic carbocycles. The van der Waals surface area contributed by atoms with Gasteiger partial charge in [-0.15, -0.1) is 0 Å². The topological polar surface area (TPSA) is 32.8 Å². The number of ether oxygens (including phenoxy) is 1. The smallest absolute Gasteiger partial charge is 0.107 e. The van der Waals surface area contributed by atoms with Gasteiger partial charge >= 0.3 is 0 Å². The van der Waals surface area contributed by atoms with E-state index in [1.54, 1.807) is 0 Å². The van der Waals surface area contributed by atoms with Gasteiger partial charge in [-0.25, -0.2) is 0 Å². The van der Waals surface area contributed by atoms with E-state index in [9.17, 15) is 0 Å². The van der Waals surface area contributed by atoms with E-state index in [2.05, 4.69) is 34.6 Å². The van der Waals surface area contributed by atoms with E-state index in [0.717, 1.165) is 17.8 Å². The zero-order chi connectivity index (χ0) is 13.0. The minimum Gasteiger partial charge on any atom is -0.394 e. The van der Waals surface area contributed by atoms with Gasteiger partial charge in [0.2, 0.25) is 0 Å². The molecular formula is C15H30O2. The maximum atomic E-state index is 8.98. The van der Waals surface area contributed by atoms with Gasteiger partial charge in [0.15, 0.2) is 0 Å². The third kappa shape index (κ3) is 5.39. The van der Waals surface area contributed by atoms with Crippen LogP contribution in [0.2, 0.25) is 0 Å². The van der Waals surface area contributed by atoms with Gasteiger partial charge in [0.25, 0.3) is 0 Å². The van der Waals surface area contributed by atoms with E-state index in [1.165, 1.54) is 19.3 Å². The summed E-state index contributed by atoms with van der Waals surface area (Å²) in [6.07, 6.45) is 4.33. The van der Waals surface area contributed by atoms with Crippen molar-refractivity contribution in [3.63, 3.8) is 0 Å². The predicted octanol–water partition coefficient (Wildman–Crippen LogP) is 3.48. The summed E-state index contributed by atoms with van der Waals surface area (Å²) in [5, 5.41) is 8.98. The molecule has 0 aromatic heterocycles. The van der Waals surface area contributed by atoms with Crippen LogP contribution < -0.4 is 0 Å². The van der Waals surface area contributed by atoms with Crippen LogP contribution in [-0.4, -0.2) is 23.9 Å². The summed E-state index contributed by atoms with van der Waals surface area (Å²) in [6.45, 7) is 11.8. The predicted molar refractivity (Wildman–Crippen MR) is 71.9 cm³/mol. The summed E-state index contributed by atoms with van der Waals surface area (Å²) in [4.78, 5) is 0. The monoisotopic (exact) mass is 242 g/mol. The molecule has 17 heavy (non-hydrogen) atoms. The van der Waals surface area contributed by atoms with Crippen molar-refractivity contribution < 1.29 is 9.84 Å². The summed E-state index contributed by atoms with van der Waals surface area (Å²) < 4.78 is 5.45. The van der Waals surface area contributed by atoms with Crippen molar-refractivity contribution in [2.24, 2.45) is 23.7 Å². The van der Waals surface area contributed by atoms with Crippen LogP contribution in [0.5, 0.6) is 0 Å². The van der Waals surface area contributed by atoms with Crippen molar-refractivity contribution >= 4 is 0 Å². The fourth-order valence-electron chi connectivity index (χ4n) is 3.26. The minimum atomic E-state index is 0.130. The first-order valence-corrected chi connectivity index (χ1v) is 7.20. The summed E-state index contributed by atoms with van der Waals surface area (Å²) in [7, 11) is 0. The molecule has 0 bridgehead atoms. The second kappa shape index (κ2) is 6.75. The Morgan fingerprint density at radius 1 is 0.941 bits per heavy atom. The van der Waals surface area contributed by atoms with Crippen molar-refractivity contribution in [3.8, 4) is 0 Å². The molecule has 0 saturated carbocycles. The van der Waals surface area contributed by atoms with E-state index in [0.29, 0.717) is 12.0 Å². The van der Waals surface area contributed by atoms with E-state index < -0.39 is 0 Å². The van der Waals surface area contributed by atoms with E-state index >= 15 is 0 Å². The first-order valence-electron chi connectivity index (χ1n) is 7.20. The van der Waals surface area contributed by atoms with E-state index in [4.69, 9.17) is 9.84 Å². The van der Waals surface area contributed by atoms with Crippen molar-refractivity contribution in [2.75, 3.05) is 6.61 Å². The van der Waals surface area contributed by atoms with Crippen molar-refractivity contribution in [1.29, 1.82) is 0 Å². The number of aliphatic hydroxyl groups is 1. The molecule has 102 valence electrons. The minimum absolute atomic E-state index is 0.130. The highest BCUT2D eigenvalue weighted by Gasteiger charge is 2.42. The Morgan fingerprint density at radius 3 is 2.00 bits per heavy atom. The van der Waals surface area contributed by atoms with Crippen LogP contribution in [0.15, 0.2) is 0 Å². The molecule has 2 heteroatoms. The Labute approximate surface area is 107 Å². The van der Waals surface area contributed by atoms with Crippen LogP contribution in [0.25, 0.3) is 0 Å². The summed E-state index contributed by atoms with van der Waals surface area (Å²) in [6, 6.07) is 0. The highest BCUT2D eigenvalue weighted by Crippen LogP contribution is 2.34. The van der Waals surface area contributed by atoms with Gasteiger partial charge in [-0.05, 0) is 42.9 Å². The van der Waals surface area contributed by atoms with Crippen LogP contribution in [0.4, 0.5) is 0 Å². The molecule has 1 heterocycles. The maximum absolute atomic E-state index is 8.98. The molecule has 0 amide bonds. The highest BCUT2D eigenvalue weighted by atomic mass is 16.6. The number of rotatable bonds is 8. The van der Waals surface area contributed by atoms with E-state index in [-0.39, 0.29) is 12.7 Å². The molecule has 0 radical (unpaired) electrons. The van der Waals surface area contributed by atoms with Gasteiger partial charge in [0.05, 0.1) is 12.7 Å². The standard InChI is InChI=1S/C15H30O2/c1-10(2)6-11(3)7-12(4)8-13(5)15-14(9-16)17-15/h10-16H,6-9H2,1-5H3/t11-,12-,13-,14-,15+/m1/s1. The van der Waals surface area contributed by atoms with Crippen LogP contribution in [-0.2, 0) is 4.74 Å². The Balaban J connectivity index is 2.18. The summed E-state index contributed by atoms with van der Waals surface area (Å²) in [5.41, 5.74) is 0. The molecule has 0 aromatic rings. The Kier molecular flexibility index (Phi) is 5.94. The molecule has 2 nitrogen and oxygen atoms in total. The van der Waals surface area contributed by atoms with Crippen LogP contribution in [0, 0.1) is 23.7 Å². The Hall–Kier alpha value is -0.0800. The number of epoxide rings is 1. The molecule has 1 aliphatic rings. The zero-order valence-corrected chi connectivity index (χ0v) is 12.1. The Morgan fingerprint density at radius 2 is 1.53 bits per heavy atom. The molecule has 1 aliphatic heterocycles. The molecular weight excluding hydrogens is 212 g/mol. The quantitative estimate of drug-likeness (QED) is 0.661. The van der Waals surface area contributed by atoms with Crippen LogP contribution in [0.1, 0.15) is 53.9 Å². The summed E-state index contributed by atoms with van der Waals surface area (Å²) in [5.74, 6) is 2.99. The summed E-state index contributed by atoms with van der Waals surface area (Å²) >= 11 is 0. The molecule has 0 aliphatic carbocycles. The van der Waals surface area contributed by atoms with Crippen LogP contribution >= 0.6 is 0 Å². The fraction of sp³-hybridized carbons (Fsp3) is 1.00. The molecule has 1 rings (SSSR count). The SMILES string of the molecule is CC(C)C[C@@H](C)C[C@@H](C)C[C@@H](C)[C@@H]1O[C@@H]1CO. The molecule has 1 saturated heterocycles. The molecule has 0 spiro atoms. The molecule has 1 N–H and O–H groups in total. The highest BCUT2D eigenvalue weighted by molar-refractivity contribution is 4.88. The number of hydrogen-bond donors (Lipinski definition) is 1. The first-order chi connectivity index (χ1) is 7.93. The van der Waals surface area contributed by atoms with Crippen molar-refractivity contribution in [2.45, 2.75) is 66.1 Å². The van der Waals surface area contributed by atoms with Crippen molar-refractivity contribution in [3.05, 3.63) is 0 Å².